The second kappa shape index (κ2) is 4.17. The molecule has 0 radical (unpaired) electrons. The monoisotopic (exact) mass is 250 g/mol. The minimum absolute atomic E-state index is 0.188. The first-order valence-electron chi connectivity index (χ1n) is 5.97. The van der Waals surface area contributed by atoms with Gasteiger partial charge in [0.15, 0.2) is 6.10 Å². The Balaban J connectivity index is 1.83. The Morgan fingerprint density at radius 1 is 1.56 bits per heavy atom. The molecule has 0 spiro atoms. The first kappa shape index (κ1) is 11.3. The van der Waals surface area contributed by atoms with Crippen molar-refractivity contribution in [1.29, 1.82) is 0 Å². The minimum Gasteiger partial charge on any atom is -0.479 e. The van der Waals surface area contributed by atoms with Crippen molar-refractivity contribution in [3.8, 4) is 11.5 Å². The molecule has 3 atom stereocenters. The van der Waals surface area contributed by atoms with Crippen LogP contribution >= 0.6 is 0 Å². The van der Waals surface area contributed by atoms with Crippen LogP contribution in [0.15, 0.2) is 18.2 Å². The summed E-state index contributed by atoms with van der Waals surface area (Å²) < 4.78 is 16.5. The summed E-state index contributed by atoms with van der Waals surface area (Å²) in [4.78, 5) is 10.8. The van der Waals surface area contributed by atoms with Crippen molar-refractivity contribution in [1.82, 2.24) is 0 Å². The number of rotatable bonds is 3. The number of fused-ring (bicyclic) bond motifs is 3. The quantitative estimate of drug-likeness (QED) is 0.885. The predicted molar refractivity (Wildman–Crippen MR) is 61.9 cm³/mol. The normalized spacial score (nSPS) is 26.1. The Kier molecular flexibility index (Phi) is 2.63. The fourth-order valence-electron chi connectivity index (χ4n) is 2.36. The molecule has 1 aromatic rings. The molecule has 0 saturated carbocycles. The highest BCUT2D eigenvalue weighted by atomic mass is 16.7. The van der Waals surface area contributed by atoms with Gasteiger partial charge in [0, 0.05) is 5.56 Å². The maximum atomic E-state index is 10.8. The van der Waals surface area contributed by atoms with Crippen LogP contribution in [0.2, 0.25) is 0 Å². The topological polar surface area (TPSA) is 65.0 Å². The second-order valence-corrected chi connectivity index (χ2v) is 4.55. The van der Waals surface area contributed by atoms with Gasteiger partial charge in [0.05, 0.1) is 12.5 Å². The van der Waals surface area contributed by atoms with Gasteiger partial charge in [-0.15, -0.1) is 0 Å². The standard InChI is InChI=1S/C13H14O5/c1-7(12(14)15)17-8-2-3-11-10(6-8)9-4-5-16-13(9)18-11/h2-3,6-7,9,13H,4-5H2,1H3,(H,14,15)/t7-,9+,13-/m0/s1. The van der Waals surface area contributed by atoms with Crippen molar-refractivity contribution in [2.45, 2.75) is 31.7 Å². The molecule has 0 aliphatic carbocycles. The number of carboxylic acid groups (broad SMARTS) is 1. The highest BCUT2D eigenvalue weighted by molar-refractivity contribution is 5.72. The predicted octanol–water partition coefficient (Wildman–Crippen LogP) is 1.76. The lowest BCUT2D eigenvalue weighted by Crippen LogP contribution is -2.22. The van der Waals surface area contributed by atoms with E-state index in [9.17, 15) is 4.79 Å². The average molecular weight is 250 g/mol. The van der Waals surface area contributed by atoms with Crippen molar-refractivity contribution in [3.05, 3.63) is 23.8 Å². The zero-order valence-corrected chi connectivity index (χ0v) is 9.96. The number of carboxylic acids is 1. The third-order valence-electron chi connectivity index (χ3n) is 3.32. The molecule has 1 N–H and O–H groups in total. The molecule has 2 aliphatic rings. The summed E-state index contributed by atoms with van der Waals surface area (Å²) >= 11 is 0. The number of hydrogen-bond donors (Lipinski definition) is 1. The summed E-state index contributed by atoms with van der Waals surface area (Å²) in [6.07, 6.45) is -0.122. The molecule has 5 nitrogen and oxygen atoms in total. The van der Waals surface area contributed by atoms with Crippen molar-refractivity contribution in [2.24, 2.45) is 0 Å². The smallest absolute Gasteiger partial charge is 0.344 e. The molecule has 3 rings (SSSR count). The van der Waals surface area contributed by atoms with Crippen LogP contribution in [0.5, 0.6) is 11.5 Å². The number of hydrogen-bond acceptors (Lipinski definition) is 4. The summed E-state index contributed by atoms with van der Waals surface area (Å²) in [5.74, 6) is 0.623. The first-order valence-corrected chi connectivity index (χ1v) is 5.97. The highest BCUT2D eigenvalue weighted by Gasteiger charge is 2.39. The van der Waals surface area contributed by atoms with Crippen LogP contribution in [0, 0.1) is 0 Å². The van der Waals surface area contributed by atoms with Gasteiger partial charge in [-0.3, -0.25) is 0 Å². The van der Waals surface area contributed by atoms with E-state index in [1.54, 1.807) is 12.1 Å². The summed E-state index contributed by atoms with van der Waals surface area (Å²) in [5.41, 5.74) is 1.05. The molecule has 96 valence electrons. The van der Waals surface area contributed by atoms with E-state index in [-0.39, 0.29) is 12.2 Å². The van der Waals surface area contributed by atoms with Gasteiger partial charge in [-0.25, -0.2) is 4.79 Å². The molecule has 1 aromatic carbocycles. The Morgan fingerprint density at radius 2 is 2.39 bits per heavy atom. The van der Waals surface area contributed by atoms with Crippen molar-refractivity contribution >= 4 is 5.97 Å². The van der Waals surface area contributed by atoms with Crippen molar-refractivity contribution in [2.75, 3.05) is 6.61 Å². The zero-order valence-electron chi connectivity index (χ0n) is 9.96. The molecule has 2 aliphatic heterocycles. The fraction of sp³-hybridized carbons (Fsp3) is 0.462. The van der Waals surface area contributed by atoms with Crippen LogP contribution in [0.25, 0.3) is 0 Å². The molecule has 5 heteroatoms. The Morgan fingerprint density at radius 3 is 3.17 bits per heavy atom. The maximum Gasteiger partial charge on any atom is 0.344 e. The minimum atomic E-state index is -0.978. The average Bonchev–Trinajstić information content (AvgIpc) is 2.89. The maximum absolute atomic E-state index is 10.8. The van der Waals surface area contributed by atoms with E-state index in [1.165, 1.54) is 6.92 Å². The summed E-state index contributed by atoms with van der Waals surface area (Å²) in [6.45, 7) is 2.21. The Labute approximate surface area is 104 Å². The van der Waals surface area contributed by atoms with Gasteiger partial charge in [-0.2, -0.15) is 0 Å². The largest absolute Gasteiger partial charge is 0.479 e. The summed E-state index contributed by atoms with van der Waals surface area (Å²) in [6, 6.07) is 5.38. The molecule has 0 bridgehead atoms. The van der Waals surface area contributed by atoms with Crippen molar-refractivity contribution in [3.63, 3.8) is 0 Å². The molecule has 0 unspecified atom stereocenters. The first-order chi connectivity index (χ1) is 8.65. The van der Waals surface area contributed by atoms with Crippen LogP contribution in [0.1, 0.15) is 24.8 Å². The van der Waals surface area contributed by atoms with Crippen LogP contribution in [-0.2, 0) is 9.53 Å². The molecule has 0 amide bonds. The third kappa shape index (κ3) is 1.80. The molecule has 0 aromatic heterocycles. The van der Waals surface area contributed by atoms with Gasteiger partial charge >= 0.3 is 5.97 Å². The van der Waals surface area contributed by atoms with E-state index in [0.717, 1.165) is 17.7 Å². The van der Waals surface area contributed by atoms with E-state index in [4.69, 9.17) is 19.3 Å². The van der Waals surface area contributed by atoms with Gasteiger partial charge in [0.25, 0.3) is 0 Å². The van der Waals surface area contributed by atoms with Gasteiger partial charge < -0.3 is 19.3 Å². The second-order valence-electron chi connectivity index (χ2n) is 4.55. The molecular weight excluding hydrogens is 236 g/mol. The molecule has 1 fully saturated rings. The molecular formula is C13H14O5. The van der Waals surface area contributed by atoms with Crippen LogP contribution < -0.4 is 9.47 Å². The highest BCUT2D eigenvalue weighted by Crippen LogP contribution is 2.45. The van der Waals surface area contributed by atoms with Gasteiger partial charge in [0.1, 0.15) is 11.5 Å². The van der Waals surface area contributed by atoms with Crippen LogP contribution in [-0.4, -0.2) is 30.1 Å². The van der Waals surface area contributed by atoms with Crippen LogP contribution in [0.3, 0.4) is 0 Å². The van der Waals surface area contributed by atoms with E-state index in [2.05, 4.69) is 0 Å². The fourth-order valence-corrected chi connectivity index (χ4v) is 2.36. The van der Waals surface area contributed by atoms with Gasteiger partial charge in [-0.1, -0.05) is 0 Å². The van der Waals surface area contributed by atoms with Crippen molar-refractivity contribution < 1.29 is 24.1 Å². The number of aliphatic carboxylic acids is 1. The van der Waals surface area contributed by atoms with Crippen LogP contribution in [0.4, 0.5) is 0 Å². The van der Waals surface area contributed by atoms with E-state index >= 15 is 0 Å². The van der Waals surface area contributed by atoms with E-state index < -0.39 is 12.1 Å². The summed E-state index contributed by atoms with van der Waals surface area (Å²) in [5, 5.41) is 8.82. The molecule has 18 heavy (non-hydrogen) atoms. The third-order valence-corrected chi connectivity index (χ3v) is 3.32. The lowest BCUT2D eigenvalue weighted by molar-refractivity contribution is -0.144. The SMILES string of the molecule is C[C@H](Oc1ccc2c(c1)[C@H]1CCO[C@H]1O2)C(=O)O. The Hall–Kier alpha value is -1.75. The zero-order chi connectivity index (χ0) is 12.7. The number of benzene rings is 1. The summed E-state index contributed by atoms with van der Waals surface area (Å²) in [7, 11) is 0. The lowest BCUT2D eigenvalue weighted by Gasteiger charge is -2.11. The molecule has 2 heterocycles. The number of ether oxygens (including phenoxy) is 3. The molecule has 1 saturated heterocycles. The van der Waals surface area contributed by atoms with E-state index in [0.29, 0.717) is 12.4 Å². The Bertz CT molecular complexity index is 484. The van der Waals surface area contributed by atoms with Gasteiger partial charge in [0.2, 0.25) is 6.29 Å². The number of carbonyl (C=O) groups is 1. The van der Waals surface area contributed by atoms with Gasteiger partial charge in [-0.05, 0) is 31.5 Å². The van der Waals surface area contributed by atoms with E-state index in [1.807, 2.05) is 6.07 Å². The lowest BCUT2D eigenvalue weighted by atomic mass is 9.98.